The fraction of sp³-hybridized carbons (Fsp3) is 0.919. The number of aliphatic hydroxyl groups is 4. The molecule has 0 aromatic heterocycles. The molecule has 0 saturated carbocycles. The summed E-state index contributed by atoms with van der Waals surface area (Å²) >= 11 is 0. The molecule has 4 aliphatic rings. The molecule has 17 atom stereocenters. The number of quaternary nitrogens is 1. The number of rotatable bonds is 7. The maximum absolute atomic E-state index is 14.1. The number of hydrogen-bond donors (Lipinski definition) is 4. The van der Waals surface area contributed by atoms with Gasteiger partial charge in [-0.15, -0.1) is 0 Å². The van der Waals surface area contributed by atoms with E-state index in [0.29, 0.717) is 18.6 Å². The second kappa shape index (κ2) is 15.4. The first kappa shape index (κ1) is 42.3. The van der Waals surface area contributed by atoms with Crippen LogP contribution in [0.5, 0.6) is 0 Å². The van der Waals surface area contributed by atoms with Crippen molar-refractivity contribution in [3.63, 3.8) is 0 Å². The average Bonchev–Trinajstić information content (AvgIpc) is 3.36. The molecule has 0 aromatic rings. The highest BCUT2D eigenvalue weighted by atomic mass is 16.7. The lowest BCUT2D eigenvalue weighted by Gasteiger charge is -2.51. The third-order valence-electron chi connectivity index (χ3n) is 12.1. The number of cyclic esters (lactones) is 1. The average molecular weight is 732 g/mol. The molecule has 51 heavy (non-hydrogen) atoms. The minimum absolute atomic E-state index is 0.139. The molecular weight excluding hydrogens is 666 g/mol. The van der Waals surface area contributed by atoms with E-state index in [2.05, 4.69) is 0 Å². The highest BCUT2D eigenvalue weighted by molar-refractivity contribution is 5.73. The fourth-order valence-electron chi connectivity index (χ4n) is 8.83. The summed E-state index contributed by atoms with van der Waals surface area (Å²) in [4.78, 5) is 14.1. The van der Waals surface area contributed by atoms with Gasteiger partial charge in [0.15, 0.2) is 18.7 Å². The van der Waals surface area contributed by atoms with Gasteiger partial charge in [0, 0.05) is 38.2 Å². The fourth-order valence-corrected chi connectivity index (χ4v) is 8.83. The summed E-state index contributed by atoms with van der Waals surface area (Å²) in [5.74, 6) is -2.57. The molecule has 14 heteroatoms. The Labute approximate surface area is 303 Å². The molecular formula is C37H65NO13. The molecule has 14 nitrogen and oxygen atoms in total. The number of hydrogen-bond acceptors (Lipinski definition) is 13. The lowest BCUT2D eigenvalue weighted by Crippen LogP contribution is -2.62. The number of methoxy groups -OCH3 is 1. The first-order valence-electron chi connectivity index (χ1n) is 18.5. The number of likely N-dealkylation sites (N-methyl/N-ethyl adjacent to an activating group) is 1. The van der Waals surface area contributed by atoms with Crippen molar-refractivity contribution in [3.05, 3.63) is 16.5 Å². The van der Waals surface area contributed by atoms with Gasteiger partial charge in [0.05, 0.1) is 50.0 Å². The normalized spacial score (nSPS) is 49.0. The monoisotopic (exact) mass is 731 g/mol. The van der Waals surface area contributed by atoms with E-state index in [0.717, 1.165) is 5.57 Å². The van der Waals surface area contributed by atoms with Crippen LogP contribution in [-0.4, -0.2) is 137 Å². The number of nitrogens with zero attached hydrogens (tertiary/aromatic N) is 1. The van der Waals surface area contributed by atoms with Crippen LogP contribution >= 0.6 is 0 Å². The Bertz CT molecular complexity index is 1260. The highest BCUT2D eigenvalue weighted by Gasteiger charge is 2.56. The van der Waals surface area contributed by atoms with Crippen LogP contribution in [0, 0.1) is 23.0 Å². The summed E-state index contributed by atoms with van der Waals surface area (Å²) in [6.45, 7) is 17.5. The van der Waals surface area contributed by atoms with Crippen LogP contribution in [0.3, 0.4) is 0 Å². The number of esters is 1. The number of ether oxygens (including phenoxy) is 7. The third kappa shape index (κ3) is 8.31. The van der Waals surface area contributed by atoms with Crippen molar-refractivity contribution in [3.8, 4) is 0 Å². The number of hydroxylamine groups is 3. The number of carbonyl (C=O) groups is 1. The molecule has 2 bridgehead atoms. The zero-order valence-electron chi connectivity index (χ0n) is 32.8. The van der Waals surface area contributed by atoms with Crippen LogP contribution in [-0.2, 0) is 38.0 Å². The summed E-state index contributed by atoms with van der Waals surface area (Å²) in [7, 11) is 4.46. The highest BCUT2D eigenvalue weighted by Crippen LogP contribution is 2.47. The summed E-state index contributed by atoms with van der Waals surface area (Å²) in [5, 5.41) is 59.0. The molecule has 0 aliphatic carbocycles. The lowest BCUT2D eigenvalue weighted by atomic mass is 9.78. The Hall–Kier alpha value is -1.43. The second-order valence-electron chi connectivity index (χ2n) is 16.8. The SMILES string of the molecule is CC[C@@H]1OC(=O)[C@H](C)[C@H](O[C@H]2C[C@@](C)(OC)[C@@H](O)[C@H](C)O2)[C@H](C)[C@@H](O[C@@H]2O[C@@H](C)C[C@@H]([N+](C)(C)[O-])[C@H]2O)[C@]2(C)CC(C)=C(O2)[C@H](C)[C@@H](O)[C@]1(C)O. The van der Waals surface area contributed by atoms with Crippen LogP contribution in [0.2, 0.25) is 0 Å². The van der Waals surface area contributed by atoms with E-state index in [1.807, 2.05) is 27.7 Å². The predicted octanol–water partition coefficient (Wildman–Crippen LogP) is 2.90. The summed E-state index contributed by atoms with van der Waals surface area (Å²) in [6.07, 6.45) is -8.81. The van der Waals surface area contributed by atoms with Gasteiger partial charge in [-0.05, 0) is 60.5 Å². The van der Waals surface area contributed by atoms with E-state index in [1.54, 1.807) is 34.6 Å². The molecule has 4 rings (SSSR count). The minimum Gasteiger partial charge on any atom is -0.633 e. The number of aliphatic hydroxyl groups excluding tert-OH is 3. The molecule has 3 saturated heterocycles. The predicted molar refractivity (Wildman–Crippen MR) is 185 cm³/mol. The Morgan fingerprint density at radius 3 is 2.18 bits per heavy atom. The molecule has 4 N–H and O–H groups in total. The second-order valence-corrected chi connectivity index (χ2v) is 16.8. The van der Waals surface area contributed by atoms with Gasteiger partial charge in [-0.2, -0.15) is 0 Å². The molecule has 0 spiro atoms. The Kier molecular flexibility index (Phi) is 12.8. The Balaban J connectivity index is 1.85. The van der Waals surface area contributed by atoms with E-state index in [4.69, 9.17) is 33.2 Å². The Morgan fingerprint density at radius 2 is 1.61 bits per heavy atom. The van der Waals surface area contributed by atoms with Crippen molar-refractivity contribution >= 4 is 5.97 Å². The van der Waals surface area contributed by atoms with Crippen LogP contribution < -0.4 is 0 Å². The van der Waals surface area contributed by atoms with Gasteiger partial charge in [0.2, 0.25) is 0 Å². The van der Waals surface area contributed by atoms with Crippen molar-refractivity contribution in [2.45, 2.75) is 179 Å². The smallest absolute Gasteiger partial charge is 0.311 e. The van der Waals surface area contributed by atoms with Crippen molar-refractivity contribution in [2.24, 2.45) is 17.8 Å². The van der Waals surface area contributed by atoms with Gasteiger partial charge in [-0.3, -0.25) is 4.79 Å². The summed E-state index contributed by atoms with van der Waals surface area (Å²) < 4.78 is 43.6. The Morgan fingerprint density at radius 1 is 0.980 bits per heavy atom. The number of carbonyl (C=O) groups excluding carboxylic acids is 1. The van der Waals surface area contributed by atoms with Gasteiger partial charge in [-0.1, -0.05) is 20.8 Å². The first-order chi connectivity index (χ1) is 23.4. The molecule has 3 fully saturated rings. The standard InChI is InChI=1S/C37H65NO13/c1-14-25-37(10,43)30(40)20(4)28-18(2)16-36(9,51-28)32(50-34-27(39)24(38(11,12)44)15-19(3)46-34)21(5)29(22(6)33(42)48-25)49-26-17-35(8,45-13)31(41)23(7)47-26/h19-27,29-32,34,39-41,43H,14-17H2,1-13H3/t19-,20-,21-,22+,23-,24+,25-,26-,27+,29+,30+,31-,32+,34-,35+,36-,37+/m0/s1. The molecule has 4 aliphatic heterocycles. The van der Waals surface area contributed by atoms with Crippen LogP contribution in [0.15, 0.2) is 11.3 Å². The van der Waals surface area contributed by atoms with Crippen molar-refractivity contribution in [2.75, 3.05) is 21.2 Å². The van der Waals surface area contributed by atoms with E-state index in [1.165, 1.54) is 28.1 Å². The first-order valence-corrected chi connectivity index (χ1v) is 18.5. The van der Waals surface area contributed by atoms with Crippen LogP contribution in [0.25, 0.3) is 0 Å². The van der Waals surface area contributed by atoms with Crippen LogP contribution in [0.4, 0.5) is 0 Å². The minimum atomic E-state index is -1.85. The van der Waals surface area contributed by atoms with Crippen molar-refractivity contribution in [1.82, 2.24) is 0 Å². The maximum Gasteiger partial charge on any atom is 0.311 e. The van der Waals surface area contributed by atoms with Gasteiger partial charge in [-0.25, -0.2) is 0 Å². The lowest BCUT2D eigenvalue weighted by molar-refractivity contribution is -0.874. The summed E-state index contributed by atoms with van der Waals surface area (Å²) in [5.41, 5.74) is -3.19. The zero-order chi connectivity index (χ0) is 38.6. The van der Waals surface area contributed by atoms with Gasteiger partial charge in [0.1, 0.15) is 41.3 Å². The van der Waals surface area contributed by atoms with Gasteiger partial charge < -0.3 is 63.4 Å². The summed E-state index contributed by atoms with van der Waals surface area (Å²) in [6, 6.07) is -0.740. The van der Waals surface area contributed by atoms with E-state index in [9.17, 15) is 30.4 Å². The number of fused-ring (bicyclic) bond motifs is 2. The third-order valence-corrected chi connectivity index (χ3v) is 12.1. The molecule has 0 amide bonds. The molecule has 0 radical (unpaired) electrons. The van der Waals surface area contributed by atoms with Crippen molar-refractivity contribution < 1.29 is 63.0 Å². The largest absolute Gasteiger partial charge is 0.633 e. The van der Waals surface area contributed by atoms with E-state index >= 15 is 0 Å². The zero-order valence-corrected chi connectivity index (χ0v) is 32.8. The van der Waals surface area contributed by atoms with Crippen LogP contribution in [0.1, 0.15) is 94.9 Å². The molecule has 0 unspecified atom stereocenters. The van der Waals surface area contributed by atoms with Crippen molar-refractivity contribution in [1.29, 1.82) is 0 Å². The topological polar surface area (TPSA) is 186 Å². The van der Waals surface area contributed by atoms with Gasteiger partial charge in [0.25, 0.3) is 0 Å². The molecule has 4 heterocycles. The molecule has 0 aromatic carbocycles. The van der Waals surface area contributed by atoms with E-state index < -0.39 is 113 Å². The van der Waals surface area contributed by atoms with E-state index in [-0.39, 0.29) is 12.8 Å². The quantitative estimate of drug-likeness (QED) is 0.170. The molecule has 296 valence electrons. The van der Waals surface area contributed by atoms with Gasteiger partial charge >= 0.3 is 5.97 Å². The maximum atomic E-state index is 14.1.